The molecule has 0 atom stereocenters. The molecule has 1 aromatic carbocycles. The minimum absolute atomic E-state index is 1.02. The first-order chi connectivity index (χ1) is 6.93. The molecular formula is C12H14S2. The molecule has 0 bridgehead atoms. The molecule has 0 aromatic heterocycles. The molecule has 0 fully saturated rings. The van der Waals surface area contributed by atoms with Crippen molar-refractivity contribution < 1.29 is 0 Å². The Morgan fingerprint density at radius 3 is 2.50 bits per heavy atom. The molecule has 1 aromatic rings. The zero-order chi connectivity index (χ0) is 10.1. The van der Waals surface area contributed by atoms with Crippen LogP contribution in [-0.4, -0.2) is 11.5 Å². The molecule has 0 aliphatic heterocycles. The lowest BCUT2D eigenvalue weighted by molar-refractivity contribution is 1.65. The molecule has 0 aliphatic carbocycles. The van der Waals surface area contributed by atoms with Crippen molar-refractivity contribution in [3.05, 3.63) is 54.6 Å². The molecule has 0 unspecified atom stereocenters. The van der Waals surface area contributed by atoms with Crippen molar-refractivity contribution >= 4 is 27.7 Å². The lowest BCUT2D eigenvalue weighted by Gasteiger charge is -1.93. The van der Waals surface area contributed by atoms with E-state index in [9.17, 15) is 0 Å². The number of hydrogen-bond donors (Lipinski definition) is 0. The molecule has 0 nitrogen and oxygen atoms in total. The standard InChI is InChI=1S/C12H14S2/c1-2-10-13-14-11-6-9-12-7-4-3-5-8-12/h2-9H,1,10-11H2. The Balaban J connectivity index is 2.18. The van der Waals surface area contributed by atoms with Gasteiger partial charge in [-0.2, -0.15) is 0 Å². The van der Waals surface area contributed by atoms with Crippen LogP contribution in [0.2, 0.25) is 0 Å². The van der Waals surface area contributed by atoms with Crippen LogP contribution in [0.25, 0.3) is 6.08 Å². The molecule has 0 spiro atoms. The number of rotatable bonds is 6. The third-order valence-electron chi connectivity index (χ3n) is 1.54. The minimum atomic E-state index is 1.02. The maximum atomic E-state index is 3.67. The summed E-state index contributed by atoms with van der Waals surface area (Å²) in [5.41, 5.74) is 1.27. The largest absolute Gasteiger partial charge is 0.102 e. The Bertz CT molecular complexity index is 278. The van der Waals surface area contributed by atoms with E-state index in [1.165, 1.54) is 5.56 Å². The van der Waals surface area contributed by atoms with Crippen molar-refractivity contribution in [1.29, 1.82) is 0 Å². The summed E-state index contributed by atoms with van der Waals surface area (Å²) in [6.45, 7) is 3.67. The number of hydrogen-bond acceptors (Lipinski definition) is 2. The Labute approximate surface area is 93.9 Å². The molecule has 1 rings (SSSR count). The molecular weight excluding hydrogens is 208 g/mol. The normalized spacial score (nSPS) is 10.6. The third-order valence-corrected chi connectivity index (χ3v) is 3.73. The molecule has 0 heterocycles. The fourth-order valence-corrected chi connectivity index (χ4v) is 2.50. The summed E-state index contributed by atoms with van der Waals surface area (Å²) in [4.78, 5) is 0. The van der Waals surface area contributed by atoms with Gasteiger partial charge in [0.15, 0.2) is 0 Å². The quantitative estimate of drug-likeness (QED) is 0.400. The second-order valence-electron chi connectivity index (χ2n) is 2.67. The molecule has 0 N–H and O–H groups in total. The zero-order valence-electron chi connectivity index (χ0n) is 8.06. The highest BCUT2D eigenvalue weighted by molar-refractivity contribution is 8.76. The highest BCUT2D eigenvalue weighted by atomic mass is 33.1. The SMILES string of the molecule is C=CCSSCC=Cc1ccccc1. The van der Waals surface area contributed by atoms with Crippen LogP contribution in [0.15, 0.2) is 49.1 Å². The van der Waals surface area contributed by atoms with Crippen LogP contribution in [0.4, 0.5) is 0 Å². The molecule has 74 valence electrons. The maximum absolute atomic E-state index is 3.67. The van der Waals surface area contributed by atoms with E-state index >= 15 is 0 Å². The Morgan fingerprint density at radius 1 is 1.07 bits per heavy atom. The summed E-state index contributed by atoms with van der Waals surface area (Å²) in [7, 11) is 3.69. The van der Waals surface area contributed by atoms with E-state index in [1.807, 2.05) is 33.7 Å². The Morgan fingerprint density at radius 2 is 1.79 bits per heavy atom. The Kier molecular flexibility index (Phi) is 6.37. The van der Waals surface area contributed by atoms with Gasteiger partial charge in [-0.15, -0.1) is 6.58 Å². The van der Waals surface area contributed by atoms with Crippen molar-refractivity contribution in [3.63, 3.8) is 0 Å². The molecule has 14 heavy (non-hydrogen) atoms. The van der Waals surface area contributed by atoms with Crippen LogP contribution in [0.3, 0.4) is 0 Å². The summed E-state index contributed by atoms with van der Waals surface area (Å²) >= 11 is 0. The van der Waals surface area contributed by atoms with E-state index < -0.39 is 0 Å². The van der Waals surface area contributed by atoms with Crippen molar-refractivity contribution in [2.24, 2.45) is 0 Å². The average Bonchev–Trinajstić information content (AvgIpc) is 2.25. The molecule has 0 amide bonds. The van der Waals surface area contributed by atoms with Gasteiger partial charge in [0.25, 0.3) is 0 Å². The molecule has 0 saturated carbocycles. The zero-order valence-corrected chi connectivity index (χ0v) is 9.69. The van der Waals surface area contributed by atoms with Crippen LogP contribution < -0.4 is 0 Å². The van der Waals surface area contributed by atoms with Crippen LogP contribution >= 0.6 is 21.6 Å². The van der Waals surface area contributed by atoms with E-state index in [2.05, 4.69) is 43.0 Å². The molecule has 0 aliphatic rings. The lowest BCUT2D eigenvalue weighted by Crippen LogP contribution is -1.71. The number of benzene rings is 1. The summed E-state index contributed by atoms with van der Waals surface area (Å²) in [6.07, 6.45) is 6.27. The smallest absolute Gasteiger partial charge is 0.0221 e. The fourth-order valence-electron chi connectivity index (χ4n) is 0.932. The molecule has 2 heteroatoms. The summed E-state index contributed by atoms with van der Waals surface area (Å²) in [5.74, 6) is 2.07. The first kappa shape index (κ1) is 11.5. The van der Waals surface area contributed by atoms with Gasteiger partial charge in [-0.25, -0.2) is 0 Å². The van der Waals surface area contributed by atoms with Crippen molar-refractivity contribution in [2.75, 3.05) is 11.5 Å². The topological polar surface area (TPSA) is 0 Å². The van der Waals surface area contributed by atoms with Gasteiger partial charge < -0.3 is 0 Å². The van der Waals surface area contributed by atoms with Crippen LogP contribution in [0, 0.1) is 0 Å². The van der Waals surface area contributed by atoms with Crippen LogP contribution in [0.5, 0.6) is 0 Å². The van der Waals surface area contributed by atoms with Crippen LogP contribution in [0.1, 0.15) is 5.56 Å². The van der Waals surface area contributed by atoms with E-state index in [1.54, 1.807) is 0 Å². The second kappa shape index (κ2) is 7.77. The monoisotopic (exact) mass is 222 g/mol. The van der Waals surface area contributed by atoms with E-state index in [-0.39, 0.29) is 0 Å². The van der Waals surface area contributed by atoms with Gasteiger partial charge in [-0.3, -0.25) is 0 Å². The van der Waals surface area contributed by atoms with Gasteiger partial charge in [0.1, 0.15) is 0 Å². The van der Waals surface area contributed by atoms with Crippen molar-refractivity contribution in [1.82, 2.24) is 0 Å². The van der Waals surface area contributed by atoms with Gasteiger partial charge in [0.2, 0.25) is 0 Å². The van der Waals surface area contributed by atoms with Crippen molar-refractivity contribution in [2.45, 2.75) is 0 Å². The minimum Gasteiger partial charge on any atom is -0.102 e. The fraction of sp³-hybridized carbons (Fsp3) is 0.167. The highest BCUT2D eigenvalue weighted by Crippen LogP contribution is 2.20. The summed E-state index contributed by atoms with van der Waals surface area (Å²) in [5, 5.41) is 0. The van der Waals surface area contributed by atoms with E-state index in [4.69, 9.17) is 0 Å². The molecule has 0 radical (unpaired) electrons. The average molecular weight is 222 g/mol. The van der Waals surface area contributed by atoms with E-state index in [0.717, 1.165) is 11.5 Å². The first-order valence-electron chi connectivity index (χ1n) is 4.50. The molecule has 0 saturated heterocycles. The van der Waals surface area contributed by atoms with Crippen LogP contribution in [-0.2, 0) is 0 Å². The highest BCUT2D eigenvalue weighted by Gasteiger charge is 1.84. The summed E-state index contributed by atoms with van der Waals surface area (Å²) < 4.78 is 0. The van der Waals surface area contributed by atoms with Crippen molar-refractivity contribution in [3.8, 4) is 0 Å². The predicted molar refractivity (Wildman–Crippen MR) is 70.6 cm³/mol. The first-order valence-corrected chi connectivity index (χ1v) is 6.99. The third kappa shape index (κ3) is 5.20. The van der Waals surface area contributed by atoms with Gasteiger partial charge in [-0.1, -0.05) is 70.1 Å². The lowest BCUT2D eigenvalue weighted by atomic mass is 10.2. The van der Waals surface area contributed by atoms with Gasteiger partial charge in [0.05, 0.1) is 0 Å². The van der Waals surface area contributed by atoms with Gasteiger partial charge in [0, 0.05) is 11.5 Å². The van der Waals surface area contributed by atoms with E-state index in [0.29, 0.717) is 0 Å². The van der Waals surface area contributed by atoms with Gasteiger partial charge in [-0.05, 0) is 5.56 Å². The second-order valence-corrected chi connectivity index (χ2v) is 5.22. The van der Waals surface area contributed by atoms with Gasteiger partial charge >= 0.3 is 0 Å². The summed E-state index contributed by atoms with van der Waals surface area (Å²) in [6, 6.07) is 10.4. The predicted octanol–water partition coefficient (Wildman–Crippen LogP) is 4.27. The Hall–Kier alpha value is -0.600. The maximum Gasteiger partial charge on any atom is 0.0221 e.